The topological polar surface area (TPSA) is 68.7 Å². The zero-order chi connectivity index (χ0) is 15.5. The van der Waals surface area contributed by atoms with Gasteiger partial charge in [-0.1, -0.05) is 18.2 Å². The number of pyridine rings is 1. The molecular formula is C14H10F3N3O. The van der Waals surface area contributed by atoms with Crippen molar-refractivity contribution in [2.24, 2.45) is 0 Å². The average Bonchev–Trinajstić information content (AvgIpc) is 2.45. The first kappa shape index (κ1) is 14.7. The van der Waals surface area contributed by atoms with Crippen LogP contribution in [0, 0.1) is 11.3 Å². The third kappa shape index (κ3) is 3.42. The van der Waals surface area contributed by atoms with Gasteiger partial charge >= 0.3 is 6.18 Å². The molecule has 0 aliphatic carbocycles. The molecule has 1 aromatic heterocycles. The summed E-state index contributed by atoms with van der Waals surface area (Å²) in [5, 5.41) is 11.5. The Hall–Kier alpha value is -2.75. The van der Waals surface area contributed by atoms with E-state index < -0.39 is 17.4 Å². The maximum absolute atomic E-state index is 12.8. The molecule has 4 nitrogen and oxygen atoms in total. The Balaban J connectivity index is 2.29. The Morgan fingerprint density at radius 3 is 2.57 bits per heavy atom. The molecule has 0 radical (unpaired) electrons. The molecule has 21 heavy (non-hydrogen) atoms. The van der Waals surface area contributed by atoms with Crippen LogP contribution in [0.3, 0.4) is 0 Å². The highest BCUT2D eigenvalue weighted by atomic mass is 19.4. The van der Waals surface area contributed by atoms with Crippen molar-refractivity contribution in [3.05, 3.63) is 63.6 Å². The molecule has 2 rings (SSSR count). The van der Waals surface area contributed by atoms with Crippen molar-refractivity contribution in [1.82, 2.24) is 4.98 Å². The summed E-state index contributed by atoms with van der Waals surface area (Å²) in [5.41, 5.74) is -1.26. The second kappa shape index (κ2) is 5.71. The van der Waals surface area contributed by atoms with Gasteiger partial charge in [0, 0.05) is 12.6 Å². The predicted octanol–water partition coefficient (Wildman–Crippen LogP) is 2.88. The Labute approximate surface area is 117 Å². The lowest BCUT2D eigenvalue weighted by Gasteiger charge is -2.14. The van der Waals surface area contributed by atoms with E-state index >= 15 is 0 Å². The van der Waals surface area contributed by atoms with Crippen LogP contribution in [0.5, 0.6) is 0 Å². The van der Waals surface area contributed by atoms with E-state index in [1.807, 2.05) is 6.07 Å². The minimum atomic E-state index is -4.67. The van der Waals surface area contributed by atoms with Crippen molar-refractivity contribution in [2.45, 2.75) is 12.7 Å². The van der Waals surface area contributed by atoms with Crippen LogP contribution in [0.4, 0.5) is 18.9 Å². The number of aromatic nitrogens is 1. The molecule has 0 aliphatic rings. The fourth-order valence-electron chi connectivity index (χ4n) is 1.82. The molecule has 0 bridgehead atoms. The summed E-state index contributed by atoms with van der Waals surface area (Å²) in [4.78, 5) is 12.8. The number of hydrogen-bond donors (Lipinski definition) is 2. The van der Waals surface area contributed by atoms with Crippen LogP contribution < -0.4 is 10.9 Å². The summed E-state index contributed by atoms with van der Waals surface area (Å²) in [7, 11) is 0. The number of rotatable bonds is 3. The average molecular weight is 293 g/mol. The summed E-state index contributed by atoms with van der Waals surface area (Å²) in [5.74, 6) is 0. The van der Waals surface area contributed by atoms with E-state index in [2.05, 4.69) is 5.32 Å². The van der Waals surface area contributed by atoms with Gasteiger partial charge in [0.15, 0.2) is 0 Å². The molecule has 1 heterocycles. The number of nitrogens with zero attached hydrogens (tertiary/aromatic N) is 1. The largest absolute Gasteiger partial charge is 0.433 e. The fourth-order valence-corrected chi connectivity index (χ4v) is 1.82. The Morgan fingerprint density at radius 1 is 1.19 bits per heavy atom. The maximum Gasteiger partial charge on any atom is 0.433 e. The molecule has 0 aliphatic heterocycles. The second-order valence-electron chi connectivity index (χ2n) is 4.23. The zero-order valence-electron chi connectivity index (χ0n) is 10.7. The van der Waals surface area contributed by atoms with Gasteiger partial charge in [0.05, 0.1) is 17.3 Å². The molecule has 0 atom stereocenters. The van der Waals surface area contributed by atoms with Gasteiger partial charge in [0.25, 0.3) is 0 Å². The highest BCUT2D eigenvalue weighted by Crippen LogP contribution is 2.32. The van der Waals surface area contributed by atoms with Gasteiger partial charge in [0.2, 0.25) is 5.56 Å². The van der Waals surface area contributed by atoms with Crippen LogP contribution in [0.2, 0.25) is 0 Å². The molecule has 0 saturated carbocycles. The number of halogens is 3. The number of hydrogen-bond acceptors (Lipinski definition) is 3. The fraction of sp³-hybridized carbons (Fsp3) is 0.143. The van der Waals surface area contributed by atoms with E-state index in [9.17, 15) is 18.0 Å². The van der Waals surface area contributed by atoms with Gasteiger partial charge in [-0.25, -0.2) is 0 Å². The van der Waals surface area contributed by atoms with E-state index in [0.29, 0.717) is 11.1 Å². The van der Waals surface area contributed by atoms with Crippen LogP contribution in [0.1, 0.15) is 16.8 Å². The van der Waals surface area contributed by atoms with Crippen molar-refractivity contribution in [1.29, 1.82) is 5.26 Å². The predicted molar refractivity (Wildman–Crippen MR) is 70.5 cm³/mol. The molecule has 108 valence electrons. The summed E-state index contributed by atoms with van der Waals surface area (Å²) in [6.45, 7) is 0.0405. The molecule has 0 unspecified atom stereocenters. The normalized spacial score (nSPS) is 11.0. The van der Waals surface area contributed by atoms with E-state index in [1.54, 1.807) is 29.2 Å². The first-order valence-electron chi connectivity index (χ1n) is 5.94. The molecule has 0 saturated heterocycles. The lowest BCUT2D eigenvalue weighted by Crippen LogP contribution is -2.19. The van der Waals surface area contributed by atoms with Crippen LogP contribution in [0.25, 0.3) is 0 Å². The van der Waals surface area contributed by atoms with Crippen LogP contribution in [-0.4, -0.2) is 4.98 Å². The number of alkyl halides is 3. The van der Waals surface area contributed by atoms with Crippen LogP contribution in [0.15, 0.2) is 41.2 Å². The minimum Gasteiger partial charge on any atom is -0.379 e. The summed E-state index contributed by atoms with van der Waals surface area (Å²) < 4.78 is 38.5. The highest BCUT2D eigenvalue weighted by Gasteiger charge is 2.34. The number of H-pyrrole nitrogens is 1. The van der Waals surface area contributed by atoms with Crippen molar-refractivity contribution < 1.29 is 13.2 Å². The minimum absolute atomic E-state index is 0.0405. The molecule has 2 aromatic rings. The molecule has 0 amide bonds. The lowest BCUT2D eigenvalue weighted by atomic mass is 10.1. The summed E-state index contributed by atoms with van der Waals surface area (Å²) in [6.07, 6.45) is -4.67. The van der Waals surface area contributed by atoms with Crippen molar-refractivity contribution in [2.75, 3.05) is 5.32 Å². The van der Waals surface area contributed by atoms with Crippen LogP contribution in [-0.2, 0) is 12.7 Å². The molecule has 0 spiro atoms. The van der Waals surface area contributed by atoms with E-state index in [0.717, 1.165) is 12.1 Å². The summed E-state index contributed by atoms with van der Waals surface area (Å²) >= 11 is 0. The van der Waals surface area contributed by atoms with Gasteiger partial charge < -0.3 is 10.3 Å². The first-order valence-corrected chi connectivity index (χ1v) is 5.94. The highest BCUT2D eigenvalue weighted by molar-refractivity contribution is 5.50. The molecular weight excluding hydrogens is 283 g/mol. The quantitative estimate of drug-likeness (QED) is 0.914. The number of anilines is 1. The van der Waals surface area contributed by atoms with Gasteiger partial charge in [0.1, 0.15) is 5.69 Å². The number of nitrogens with one attached hydrogen (secondary N) is 2. The summed E-state index contributed by atoms with van der Waals surface area (Å²) in [6, 6.07) is 10.6. The van der Waals surface area contributed by atoms with Crippen molar-refractivity contribution in [3.8, 4) is 6.07 Å². The standard InChI is InChI=1S/C14H10F3N3O/c15-14(16,17)13-11(5-6-12(21)20-13)19-8-10-4-2-1-3-9(10)7-18/h1-6,19H,8H2,(H,20,21). The number of benzene rings is 1. The monoisotopic (exact) mass is 293 g/mol. The van der Waals surface area contributed by atoms with Gasteiger partial charge in [-0.3, -0.25) is 4.79 Å². The molecule has 0 fully saturated rings. The third-order valence-electron chi connectivity index (χ3n) is 2.81. The number of nitriles is 1. The lowest BCUT2D eigenvalue weighted by molar-refractivity contribution is -0.140. The van der Waals surface area contributed by atoms with Crippen molar-refractivity contribution >= 4 is 5.69 Å². The smallest absolute Gasteiger partial charge is 0.379 e. The van der Waals surface area contributed by atoms with Gasteiger partial charge in [-0.2, -0.15) is 18.4 Å². The Kier molecular flexibility index (Phi) is 3.98. The van der Waals surface area contributed by atoms with Gasteiger partial charge in [-0.15, -0.1) is 0 Å². The van der Waals surface area contributed by atoms with E-state index in [4.69, 9.17) is 5.26 Å². The van der Waals surface area contributed by atoms with Crippen molar-refractivity contribution in [3.63, 3.8) is 0 Å². The van der Waals surface area contributed by atoms with E-state index in [1.165, 1.54) is 0 Å². The first-order chi connectivity index (χ1) is 9.91. The van der Waals surface area contributed by atoms with Crippen LogP contribution >= 0.6 is 0 Å². The SMILES string of the molecule is N#Cc1ccccc1CNc1ccc(=O)[nH]c1C(F)(F)F. The Morgan fingerprint density at radius 2 is 1.90 bits per heavy atom. The third-order valence-corrected chi connectivity index (χ3v) is 2.81. The molecule has 2 N–H and O–H groups in total. The number of aromatic amines is 1. The maximum atomic E-state index is 12.8. The molecule has 7 heteroatoms. The second-order valence-corrected chi connectivity index (χ2v) is 4.23. The van der Waals surface area contributed by atoms with E-state index in [-0.39, 0.29) is 12.2 Å². The van der Waals surface area contributed by atoms with Gasteiger partial charge in [-0.05, 0) is 17.7 Å². The molecule has 1 aromatic carbocycles. The Bertz CT molecular complexity index is 744. The zero-order valence-corrected chi connectivity index (χ0v) is 10.7.